The fourth-order valence-electron chi connectivity index (χ4n) is 10.9. The zero-order valence-electron chi connectivity index (χ0n) is 59.3. The Bertz CT molecular complexity index is 1780. The summed E-state index contributed by atoms with van der Waals surface area (Å²) in [7, 11) is -9.90. The molecule has 17 nitrogen and oxygen atoms in total. The Balaban J connectivity index is 5.24. The van der Waals surface area contributed by atoms with Gasteiger partial charge in [-0.15, -0.1) is 0 Å². The van der Waals surface area contributed by atoms with Gasteiger partial charge in [-0.2, -0.15) is 0 Å². The van der Waals surface area contributed by atoms with Crippen LogP contribution in [0.5, 0.6) is 0 Å². The molecule has 0 saturated carbocycles. The molecule has 0 amide bonds. The minimum Gasteiger partial charge on any atom is -0.462 e. The summed E-state index contributed by atoms with van der Waals surface area (Å²) in [5.41, 5.74) is 0. The molecule has 0 rings (SSSR count). The Labute approximate surface area is 556 Å². The van der Waals surface area contributed by atoms with Gasteiger partial charge < -0.3 is 33.8 Å². The third-order valence-electron chi connectivity index (χ3n) is 16.6. The third kappa shape index (κ3) is 66.5. The van der Waals surface area contributed by atoms with Gasteiger partial charge in [0.25, 0.3) is 0 Å². The van der Waals surface area contributed by atoms with Crippen molar-refractivity contribution >= 4 is 39.5 Å². The van der Waals surface area contributed by atoms with Gasteiger partial charge in [-0.3, -0.25) is 37.3 Å². The van der Waals surface area contributed by atoms with E-state index in [1.165, 1.54) is 173 Å². The molecule has 540 valence electrons. The second kappa shape index (κ2) is 62.8. The van der Waals surface area contributed by atoms with Crippen LogP contribution in [-0.4, -0.2) is 96.7 Å². The summed E-state index contributed by atoms with van der Waals surface area (Å²) >= 11 is 0. The Morgan fingerprint density at radius 3 is 0.747 bits per heavy atom. The van der Waals surface area contributed by atoms with E-state index in [1.807, 2.05) is 0 Å². The van der Waals surface area contributed by atoms with Crippen molar-refractivity contribution in [2.75, 3.05) is 39.6 Å². The highest BCUT2D eigenvalue weighted by Crippen LogP contribution is 2.45. The van der Waals surface area contributed by atoms with E-state index >= 15 is 0 Å². The van der Waals surface area contributed by atoms with Crippen molar-refractivity contribution < 1.29 is 80.2 Å². The summed E-state index contributed by atoms with van der Waals surface area (Å²) in [6.07, 6.45) is 47.1. The van der Waals surface area contributed by atoms with Gasteiger partial charge in [-0.1, -0.05) is 312 Å². The first kappa shape index (κ1) is 89.1. The quantitative estimate of drug-likeness (QED) is 0.0222. The van der Waals surface area contributed by atoms with Gasteiger partial charge in [0.1, 0.15) is 19.3 Å². The van der Waals surface area contributed by atoms with E-state index in [0.717, 1.165) is 108 Å². The minimum atomic E-state index is -4.95. The lowest BCUT2D eigenvalue weighted by Gasteiger charge is -2.21. The molecule has 0 aliphatic rings. The van der Waals surface area contributed by atoms with E-state index in [9.17, 15) is 43.2 Å². The molecule has 3 N–H and O–H groups in total. The summed E-state index contributed by atoms with van der Waals surface area (Å²) < 4.78 is 68.3. The monoisotopic (exact) mass is 1340 g/mol. The van der Waals surface area contributed by atoms with Gasteiger partial charge in [0.15, 0.2) is 12.2 Å². The van der Waals surface area contributed by atoms with Crippen molar-refractivity contribution in [2.24, 2.45) is 17.8 Å². The summed E-state index contributed by atoms with van der Waals surface area (Å²) in [5.74, 6) is 0.152. The molecule has 91 heavy (non-hydrogen) atoms. The van der Waals surface area contributed by atoms with Crippen LogP contribution in [0.2, 0.25) is 0 Å². The molecular formula is C72H140O17P2. The van der Waals surface area contributed by atoms with Gasteiger partial charge >= 0.3 is 39.5 Å². The van der Waals surface area contributed by atoms with E-state index in [0.29, 0.717) is 25.7 Å². The number of esters is 4. The van der Waals surface area contributed by atoms with Crippen LogP contribution in [0.4, 0.5) is 0 Å². The lowest BCUT2D eigenvalue weighted by Crippen LogP contribution is -2.30. The zero-order chi connectivity index (χ0) is 67.3. The molecular weight excluding hydrogens is 1200 g/mol. The number of aliphatic hydroxyl groups excluding tert-OH is 1. The SMILES string of the molecule is CCCCCCCCCCCCC(=O)OC[C@H](COP(=O)(O)OC[C@H](O)COP(=O)(O)OC[C@@H](COC(=O)CCCCCCCCCCCC(C)C)OC(=O)CCCCCCCCCCCCCCCCC(C)C)OC(=O)CCCCCCCCCCCC(C)C. The van der Waals surface area contributed by atoms with E-state index in [2.05, 4.69) is 48.5 Å². The molecule has 0 bridgehead atoms. The molecule has 0 aromatic carbocycles. The first-order chi connectivity index (χ1) is 43.7. The van der Waals surface area contributed by atoms with Gasteiger partial charge in [0.05, 0.1) is 26.4 Å². The van der Waals surface area contributed by atoms with Crippen LogP contribution >= 0.6 is 15.6 Å². The number of phosphoric ester groups is 2. The predicted molar refractivity (Wildman–Crippen MR) is 368 cm³/mol. The lowest BCUT2D eigenvalue weighted by molar-refractivity contribution is -0.161. The molecule has 0 aliphatic carbocycles. The summed E-state index contributed by atoms with van der Waals surface area (Å²) in [6.45, 7) is 11.8. The number of unbranched alkanes of at least 4 members (excludes halogenated alkanes) is 38. The largest absolute Gasteiger partial charge is 0.472 e. The van der Waals surface area contributed by atoms with Crippen molar-refractivity contribution in [3.05, 3.63) is 0 Å². The van der Waals surface area contributed by atoms with Gasteiger partial charge in [0, 0.05) is 25.7 Å². The van der Waals surface area contributed by atoms with E-state index < -0.39 is 97.5 Å². The van der Waals surface area contributed by atoms with Gasteiger partial charge in [-0.05, 0) is 43.4 Å². The van der Waals surface area contributed by atoms with Crippen LogP contribution in [-0.2, 0) is 65.4 Å². The Morgan fingerprint density at radius 1 is 0.297 bits per heavy atom. The number of aliphatic hydroxyl groups is 1. The van der Waals surface area contributed by atoms with Gasteiger partial charge in [-0.25, -0.2) is 9.13 Å². The average Bonchev–Trinajstić information content (AvgIpc) is 2.89. The highest BCUT2D eigenvalue weighted by atomic mass is 31.2. The first-order valence-corrected chi connectivity index (χ1v) is 40.3. The molecule has 0 heterocycles. The average molecular weight is 1340 g/mol. The van der Waals surface area contributed by atoms with Crippen molar-refractivity contribution in [2.45, 2.75) is 381 Å². The maximum absolute atomic E-state index is 13.0. The molecule has 0 fully saturated rings. The smallest absolute Gasteiger partial charge is 0.462 e. The molecule has 0 radical (unpaired) electrons. The Kier molecular flexibility index (Phi) is 61.5. The second-order valence-corrected chi connectivity index (χ2v) is 30.3. The number of hydrogen-bond donors (Lipinski definition) is 3. The first-order valence-electron chi connectivity index (χ1n) is 37.3. The van der Waals surface area contributed by atoms with E-state index in [1.54, 1.807) is 0 Å². The van der Waals surface area contributed by atoms with Crippen molar-refractivity contribution in [1.82, 2.24) is 0 Å². The molecule has 2 unspecified atom stereocenters. The summed E-state index contributed by atoms with van der Waals surface area (Å²) in [4.78, 5) is 72.6. The van der Waals surface area contributed by atoms with Gasteiger partial charge in [0.2, 0.25) is 0 Å². The fraction of sp³-hybridized carbons (Fsp3) is 0.944. The van der Waals surface area contributed by atoms with Crippen LogP contribution in [0, 0.1) is 17.8 Å². The van der Waals surface area contributed by atoms with Crippen molar-refractivity contribution in [3.63, 3.8) is 0 Å². The maximum atomic E-state index is 13.0. The molecule has 5 atom stereocenters. The lowest BCUT2D eigenvalue weighted by atomic mass is 10.0. The fourth-order valence-corrected chi connectivity index (χ4v) is 12.5. The summed E-state index contributed by atoms with van der Waals surface area (Å²) in [6, 6.07) is 0. The van der Waals surface area contributed by atoms with Crippen molar-refractivity contribution in [3.8, 4) is 0 Å². The number of hydrogen-bond acceptors (Lipinski definition) is 15. The highest BCUT2D eigenvalue weighted by Gasteiger charge is 2.30. The molecule has 0 spiro atoms. The normalized spacial score (nSPS) is 14.2. The molecule has 0 aromatic rings. The molecule has 19 heteroatoms. The number of carbonyl (C=O) groups excluding carboxylic acids is 4. The number of ether oxygens (including phenoxy) is 4. The topological polar surface area (TPSA) is 237 Å². The minimum absolute atomic E-state index is 0.105. The summed E-state index contributed by atoms with van der Waals surface area (Å²) in [5, 5.41) is 10.6. The molecule has 0 aliphatic heterocycles. The number of phosphoric acid groups is 2. The predicted octanol–water partition coefficient (Wildman–Crippen LogP) is 20.6. The zero-order valence-corrected chi connectivity index (χ0v) is 61.1. The molecule has 0 aromatic heterocycles. The van der Waals surface area contributed by atoms with Crippen LogP contribution < -0.4 is 0 Å². The Morgan fingerprint density at radius 2 is 0.505 bits per heavy atom. The van der Waals surface area contributed by atoms with E-state index in [4.69, 9.17) is 37.0 Å². The number of carbonyl (C=O) groups is 4. The van der Waals surface area contributed by atoms with Crippen LogP contribution in [0.15, 0.2) is 0 Å². The maximum Gasteiger partial charge on any atom is 0.472 e. The molecule has 0 saturated heterocycles. The van der Waals surface area contributed by atoms with Crippen LogP contribution in [0.1, 0.15) is 363 Å². The third-order valence-corrected chi connectivity index (χ3v) is 18.5. The number of rotatable bonds is 70. The standard InChI is InChI=1S/C72H140O17P2/c1-8-9-10-11-12-13-25-32-39-46-53-69(74)82-59-68(89-72(77)56-49-42-35-28-21-24-31-38-45-52-65(6)7)62-87-91(80,81)85-58-66(73)57-84-90(78,79)86-61-67(60-83-70(75)54-47-40-33-27-20-23-30-37-44-51-64(4)5)88-71(76)55-48-41-34-26-19-17-15-14-16-18-22-29-36-43-50-63(2)3/h63-68,73H,8-62H2,1-7H3,(H,78,79)(H,80,81)/t66-,67-,68-/m1/s1. The van der Waals surface area contributed by atoms with Crippen molar-refractivity contribution in [1.29, 1.82) is 0 Å². The highest BCUT2D eigenvalue weighted by molar-refractivity contribution is 7.47. The Hall–Kier alpha value is -1.94. The van der Waals surface area contributed by atoms with Crippen LogP contribution in [0.3, 0.4) is 0 Å². The second-order valence-electron chi connectivity index (χ2n) is 27.4. The van der Waals surface area contributed by atoms with Crippen LogP contribution in [0.25, 0.3) is 0 Å². The van der Waals surface area contributed by atoms with E-state index in [-0.39, 0.29) is 25.7 Å².